The molecule has 1 aromatic rings. The summed E-state index contributed by atoms with van der Waals surface area (Å²) in [6.07, 6.45) is 2.40. The van der Waals surface area contributed by atoms with Crippen LogP contribution >= 0.6 is 0 Å². The Morgan fingerprint density at radius 3 is 2.29 bits per heavy atom. The first-order chi connectivity index (χ1) is 8.38. The molecule has 0 fully saturated rings. The minimum absolute atomic E-state index is 0.641. The second kappa shape index (κ2) is 9.20. The fourth-order valence-electron chi connectivity index (χ4n) is 1.98. The third-order valence-corrected chi connectivity index (χ3v) is 3.06. The molecule has 1 rings (SSSR count). The van der Waals surface area contributed by atoms with Crippen molar-refractivity contribution in [2.75, 3.05) is 26.2 Å². The molecular formula is C15H26N2. The van der Waals surface area contributed by atoms with Crippen molar-refractivity contribution in [2.24, 2.45) is 0 Å². The molecule has 0 aliphatic heterocycles. The zero-order chi connectivity index (χ0) is 12.3. The van der Waals surface area contributed by atoms with Crippen LogP contribution in [0.5, 0.6) is 0 Å². The molecular weight excluding hydrogens is 208 g/mol. The average Bonchev–Trinajstić information content (AvgIpc) is 2.39. The van der Waals surface area contributed by atoms with Crippen molar-refractivity contribution in [3.63, 3.8) is 0 Å². The van der Waals surface area contributed by atoms with Crippen molar-refractivity contribution >= 4 is 0 Å². The predicted octanol–water partition coefficient (Wildman–Crippen LogP) is 2.77. The van der Waals surface area contributed by atoms with Gasteiger partial charge in [0, 0.05) is 19.6 Å². The Hall–Kier alpha value is -0.860. The summed E-state index contributed by atoms with van der Waals surface area (Å²) in [5, 5.41) is 6.94. The molecule has 0 saturated heterocycles. The fraction of sp³-hybridized carbons (Fsp3) is 0.600. The van der Waals surface area contributed by atoms with E-state index in [1.165, 1.54) is 18.4 Å². The Bertz CT molecular complexity index is 272. The maximum Gasteiger partial charge on any atom is 0.00769 e. The first-order valence-electron chi connectivity index (χ1n) is 6.84. The van der Waals surface area contributed by atoms with E-state index in [-0.39, 0.29) is 0 Å². The van der Waals surface area contributed by atoms with Crippen molar-refractivity contribution in [1.29, 1.82) is 0 Å². The van der Waals surface area contributed by atoms with Crippen LogP contribution in [0.2, 0.25) is 0 Å². The lowest BCUT2D eigenvalue weighted by Gasteiger charge is -2.16. The molecule has 1 aromatic carbocycles. The molecule has 0 radical (unpaired) electrons. The molecule has 2 N–H and O–H groups in total. The van der Waals surface area contributed by atoms with E-state index in [0.29, 0.717) is 5.92 Å². The molecule has 1 atom stereocenters. The minimum Gasteiger partial charge on any atom is -0.315 e. The van der Waals surface area contributed by atoms with Gasteiger partial charge in [-0.2, -0.15) is 0 Å². The molecule has 0 aliphatic carbocycles. The second-order valence-corrected chi connectivity index (χ2v) is 4.47. The summed E-state index contributed by atoms with van der Waals surface area (Å²) >= 11 is 0. The van der Waals surface area contributed by atoms with Gasteiger partial charge >= 0.3 is 0 Å². The lowest BCUT2D eigenvalue weighted by Crippen LogP contribution is -2.30. The van der Waals surface area contributed by atoms with Crippen molar-refractivity contribution in [3.05, 3.63) is 35.9 Å². The Labute approximate surface area is 106 Å². The lowest BCUT2D eigenvalue weighted by molar-refractivity contribution is 0.549. The van der Waals surface area contributed by atoms with Gasteiger partial charge in [-0.1, -0.05) is 44.2 Å². The Morgan fingerprint density at radius 2 is 1.65 bits per heavy atom. The van der Waals surface area contributed by atoms with Gasteiger partial charge in [0.1, 0.15) is 0 Å². The third kappa shape index (κ3) is 5.85. The monoisotopic (exact) mass is 234 g/mol. The minimum atomic E-state index is 0.641. The Balaban J connectivity index is 2.20. The fourth-order valence-corrected chi connectivity index (χ4v) is 1.98. The zero-order valence-electron chi connectivity index (χ0n) is 11.2. The molecule has 2 nitrogen and oxygen atoms in total. The first-order valence-corrected chi connectivity index (χ1v) is 6.84. The van der Waals surface area contributed by atoms with Gasteiger partial charge in [0.2, 0.25) is 0 Å². The normalized spacial score (nSPS) is 12.6. The van der Waals surface area contributed by atoms with Gasteiger partial charge in [0.05, 0.1) is 0 Å². The molecule has 17 heavy (non-hydrogen) atoms. The molecule has 0 saturated carbocycles. The van der Waals surface area contributed by atoms with Crippen molar-refractivity contribution in [2.45, 2.75) is 32.6 Å². The summed E-state index contributed by atoms with van der Waals surface area (Å²) in [6, 6.07) is 10.8. The number of nitrogens with one attached hydrogen (secondary N) is 2. The lowest BCUT2D eigenvalue weighted by atomic mass is 9.96. The van der Waals surface area contributed by atoms with E-state index in [9.17, 15) is 0 Å². The van der Waals surface area contributed by atoms with E-state index in [1.807, 2.05) is 0 Å². The highest BCUT2D eigenvalue weighted by atomic mass is 14.9. The first kappa shape index (κ1) is 14.2. The summed E-state index contributed by atoms with van der Waals surface area (Å²) < 4.78 is 0. The van der Waals surface area contributed by atoms with Crippen molar-refractivity contribution < 1.29 is 0 Å². The van der Waals surface area contributed by atoms with E-state index < -0.39 is 0 Å². The molecule has 0 bridgehead atoms. The third-order valence-electron chi connectivity index (χ3n) is 3.06. The summed E-state index contributed by atoms with van der Waals surface area (Å²) in [4.78, 5) is 0. The van der Waals surface area contributed by atoms with Gasteiger partial charge in [-0.3, -0.25) is 0 Å². The molecule has 0 aromatic heterocycles. The van der Waals surface area contributed by atoms with Crippen LogP contribution in [0.3, 0.4) is 0 Å². The largest absolute Gasteiger partial charge is 0.315 e. The number of hydrogen-bond acceptors (Lipinski definition) is 2. The summed E-state index contributed by atoms with van der Waals surface area (Å²) in [5.41, 5.74) is 1.45. The SMILES string of the molecule is CCCNCCNCC(CC)c1ccccc1. The van der Waals surface area contributed by atoms with Crippen LogP contribution < -0.4 is 10.6 Å². The summed E-state index contributed by atoms with van der Waals surface area (Å²) in [7, 11) is 0. The van der Waals surface area contributed by atoms with Crippen LogP contribution in [0, 0.1) is 0 Å². The van der Waals surface area contributed by atoms with Gasteiger partial charge in [0.15, 0.2) is 0 Å². The topological polar surface area (TPSA) is 24.1 Å². The Morgan fingerprint density at radius 1 is 0.941 bits per heavy atom. The maximum atomic E-state index is 3.53. The van der Waals surface area contributed by atoms with Gasteiger partial charge in [-0.15, -0.1) is 0 Å². The van der Waals surface area contributed by atoms with Crippen LogP contribution in [-0.2, 0) is 0 Å². The van der Waals surface area contributed by atoms with E-state index >= 15 is 0 Å². The predicted molar refractivity (Wildman–Crippen MR) is 75.5 cm³/mol. The molecule has 0 spiro atoms. The molecule has 96 valence electrons. The van der Waals surface area contributed by atoms with Crippen LogP contribution in [-0.4, -0.2) is 26.2 Å². The van der Waals surface area contributed by atoms with Crippen LogP contribution in [0.4, 0.5) is 0 Å². The van der Waals surface area contributed by atoms with E-state index in [2.05, 4.69) is 54.8 Å². The van der Waals surface area contributed by atoms with Crippen molar-refractivity contribution in [3.8, 4) is 0 Å². The highest BCUT2D eigenvalue weighted by molar-refractivity contribution is 5.19. The van der Waals surface area contributed by atoms with Gasteiger partial charge < -0.3 is 10.6 Å². The number of benzene rings is 1. The van der Waals surface area contributed by atoms with E-state index in [1.54, 1.807) is 0 Å². The second-order valence-electron chi connectivity index (χ2n) is 4.47. The highest BCUT2D eigenvalue weighted by Crippen LogP contribution is 2.17. The quantitative estimate of drug-likeness (QED) is 0.642. The van der Waals surface area contributed by atoms with Crippen LogP contribution in [0.25, 0.3) is 0 Å². The molecule has 2 heteroatoms. The van der Waals surface area contributed by atoms with Gasteiger partial charge in [0.25, 0.3) is 0 Å². The van der Waals surface area contributed by atoms with E-state index in [0.717, 1.165) is 26.2 Å². The van der Waals surface area contributed by atoms with Crippen LogP contribution in [0.15, 0.2) is 30.3 Å². The summed E-state index contributed by atoms with van der Waals surface area (Å²) in [5.74, 6) is 0.641. The van der Waals surface area contributed by atoms with E-state index in [4.69, 9.17) is 0 Å². The van der Waals surface area contributed by atoms with Crippen LogP contribution in [0.1, 0.15) is 38.2 Å². The van der Waals surface area contributed by atoms with Crippen molar-refractivity contribution in [1.82, 2.24) is 10.6 Å². The molecule has 0 aliphatic rings. The standard InChI is InChI=1S/C15H26N2/c1-3-10-16-11-12-17-13-14(4-2)15-8-6-5-7-9-15/h5-9,14,16-17H,3-4,10-13H2,1-2H3. The zero-order valence-corrected chi connectivity index (χ0v) is 11.2. The molecule has 0 amide bonds. The summed E-state index contributed by atoms with van der Waals surface area (Å²) in [6.45, 7) is 8.78. The number of hydrogen-bond donors (Lipinski definition) is 2. The smallest absolute Gasteiger partial charge is 0.00769 e. The van der Waals surface area contributed by atoms with Gasteiger partial charge in [-0.25, -0.2) is 0 Å². The van der Waals surface area contributed by atoms with Gasteiger partial charge in [-0.05, 0) is 30.9 Å². The number of rotatable bonds is 9. The highest BCUT2D eigenvalue weighted by Gasteiger charge is 2.07. The maximum absolute atomic E-state index is 3.53. The average molecular weight is 234 g/mol. The molecule has 1 unspecified atom stereocenters. The molecule has 0 heterocycles. The Kier molecular flexibility index (Phi) is 7.69.